The lowest BCUT2D eigenvalue weighted by molar-refractivity contribution is 0.230. The molecule has 0 aromatic heterocycles. The molecular formula is C11H13Cl3N2O3. The van der Waals surface area contributed by atoms with Gasteiger partial charge >= 0.3 is 6.03 Å². The highest BCUT2D eigenvalue weighted by Crippen LogP contribution is 2.35. The molecule has 3 N–H and O–H groups in total. The van der Waals surface area contributed by atoms with E-state index in [0.717, 1.165) is 0 Å². The molecule has 1 rings (SSSR count). The Hall–Kier alpha value is -0.880. The predicted molar refractivity (Wildman–Crippen MR) is 75.5 cm³/mol. The second-order valence-electron chi connectivity index (χ2n) is 3.45. The van der Waals surface area contributed by atoms with E-state index < -0.39 is 0 Å². The Morgan fingerprint density at radius 2 is 1.74 bits per heavy atom. The van der Waals surface area contributed by atoms with Gasteiger partial charge in [-0.15, -0.1) is 0 Å². The zero-order chi connectivity index (χ0) is 14.3. The van der Waals surface area contributed by atoms with Gasteiger partial charge in [-0.1, -0.05) is 34.8 Å². The molecule has 1 aromatic rings. The van der Waals surface area contributed by atoms with Gasteiger partial charge in [0.25, 0.3) is 0 Å². The van der Waals surface area contributed by atoms with Crippen molar-refractivity contribution in [3.05, 3.63) is 27.2 Å². The maximum atomic E-state index is 11.1. The molecule has 0 unspecified atom stereocenters. The SMILES string of the molecule is O=C(NCCO)NCCOc1c(Cl)cc(Cl)cc1Cl. The van der Waals surface area contributed by atoms with Crippen molar-refractivity contribution in [3.8, 4) is 5.75 Å². The lowest BCUT2D eigenvalue weighted by atomic mass is 10.3. The lowest BCUT2D eigenvalue weighted by Gasteiger charge is -2.11. The van der Waals surface area contributed by atoms with Crippen molar-refractivity contribution in [2.45, 2.75) is 0 Å². The first kappa shape index (κ1) is 16.2. The number of carbonyl (C=O) groups excluding carboxylic acids is 1. The summed E-state index contributed by atoms with van der Waals surface area (Å²) in [4.78, 5) is 11.1. The summed E-state index contributed by atoms with van der Waals surface area (Å²) < 4.78 is 5.36. The van der Waals surface area contributed by atoms with Crippen LogP contribution < -0.4 is 15.4 Å². The third-order valence-corrected chi connectivity index (χ3v) is 2.77. The van der Waals surface area contributed by atoms with Gasteiger partial charge in [0.05, 0.1) is 23.2 Å². The van der Waals surface area contributed by atoms with Gasteiger partial charge in [0.1, 0.15) is 6.61 Å². The molecule has 0 saturated heterocycles. The summed E-state index contributed by atoms with van der Waals surface area (Å²) in [5, 5.41) is 14.5. The van der Waals surface area contributed by atoms with E-state index >= 15 is 0 Å². The van der Waals surface area contributed by atoms with Crippen LogP contribution in [0.4, 0.5) is 4.79 Å². The van der Waals surface area contributed by atoms with Crippen LogP contribution in [0.5, 0.6) is 5.75 Å². The number of urea groups is 1. The van der Waals surface area contributed by atoms with Crippen molar-refractivity contribution in [2.24, 2.45) is 0 Å². The standard InChI is InChI=1S/C11H13Cl3N2O3/c12-7-5-8(13)10(9(14)6-7)19-4-2-16-11(18)15-1-3-17/h5-6,17H,1-4H2,(H2,15,16,18). The monoisotopic (exact) mass is 326 g/mol. The Morgan fingerprint density at radius 1 is 1.16 bits per heavy atom. The molecule has 0 heterocycles. The fraction of sp³-hybridized carbons (Fsp3) is 0.364. The summed E-state index contributed by atoms with van der Waals surface area (Å²) in [6, 6.07) is 2.66. The number of ether oxygens (including phenoxy) is 1. The molecular weight excluding hydrogens is 314 g/mol. The first-order valence-corrected chi connectivity index (χ1v) is 6.58. The molecule has 2 amide bonds. The molecule has 0 aliphatic carbocycles. The third-order valence-electron chi connectivity index (χ3n) is 1.99. The van der Waals surface area contributed by atoms with Gasteiger partial charge in [0.2, 0.25) is 0 Å². The number of amides is 2. The highest BCUT2D eigenvalue weighted by Gasteiger charge is 2.09. The normalized spacial score (nSPS) is 10.1. The number of hydrogen-bond acceptors (Lipinski definition) is 3. The van der Waals surface area contributed by atoms with E-state index in [-0.39, 0.29) is 32.3 Å². The smallest absolute Gasteiger partial charge is 0.314 e. The summed E-state index contributed by atoms with van der Waals surface area (Å²) in [6.07, 6.45) is 0. The average Bonchev–Trinajstić information content (AvgIpc) is 2.34. The fourth-order valence-electron chi connectivity index (χ4n) is 1.22. The predicted octanol–water partition coefficient (Wildman–Crippen LogP) is 2.32. The van der Waals surface area contributed by atoms with Crippen LogP contribution in [0.2, 0.25) is 15.1 Å². The topological polar surface area (TPSA) is 70.6 Å². The van der Waals surface area contributed by atoms with Gasteiger partial charge in [0, 0.05) is 11.6 Å². The summed E-state index contributed by atoms with van der Waals surface area (Å²) in [6.45, 7) is 0.557. The second kappa shape index (κ2) is 8.32. The van der Waals surface area contributed by atoms with Crippen LogP contribution in [-0.4, -0.2) is 37.4 Å². The van der Waals surface area contributed by atoms with Crippen LogP contribution in [0, 0.1) is 0 Å². The minimum absolute atomic E-state index is 0.111. The molecule has 1 aromatic carbocycles. The van der Waals surface area contributed by atoms with Gasteiger partial charge in [-0.25, -0.2) is 4.79 Å². The van der Waals surface area contributed by atoms with Crippen LogP contribution >= 0.6 is 34.8 Å². The molecule has 5 nitrogen and oxygen atoms in total. The lowest BCUT2D eigenvalue weighted by Crippen LogP contribution is -2.38. The largest absolute Gasteiger partial charge is 0.489 e. The molecule has 0 radical (unpaired) electrons. The molecule has 0 aliphatic heterocycles. The number of carbonyl (C=O) groups is 1. The molecule has 0 spiro atoms. The molecule has 0 saturated carbocycles. The Morgan fingerprint density at radius 3 is 2.32 bits per heavy atom. The molecule has 0 bridgehead atoms. The van der Waals surface area contributed by atoms with Gasteiger partial charge < -0.3 is 20.5 Å². The number of aliphatic hydroxyl groups excluding tert-OH is 1. The van der Waals surface area contributed by atoms with Crippen molar-refractivity contribution < 1.29 is 14.6 Å². The van der Waals surface area contributed by atoms with Crippen LogP contribution in [0.1, 0.15) is 0 Å². The van der Waals surface area contributed by atoms with Gasteiger partial charge in [-0.3, -0.25) is 0 Å². The molecule has 0 aliphatic rings. The Kier molecular flexibility index (Phi) is 7.09. The zero-order valence-electron chi connectivity index (χ0n) is 9.88. The number of aliphatic hydroxyl groups is 1. The Bertz CT molecular complexity index is 420. The van der Waals surface area contributed by atoms with Crippen LogP contribution in [0.25, 0.3) is 0 Å². The Balaban J connectivity index is 2.36. The van der Waals surface area contributed by atoms with Crippen LogP contribution in [-0.2, 0) is 0 Å². The van der Waals surface area contributed by atoms with Crippen molar-refractivity contribution in [3.63, 3.8) is 0 Å². The average molecular weight is 328 g/mol. The van der Waals surface area contributed by atoms with Gasteiger partial charge in [-0.2, -0.15) is 0 Å². The van der Waals surface area contributed by atoms with Crippen LogP contribution in [0.3, 0.4) is 0 Å². The number of hydrogen-bond donors (Lipinski definition) is 3. The van der Waals surface area contributed by atoms with Crippen molar-refractivity contribution in [2.75, 3.05) is 26.3 Å². The first-order valence-electron chi connectivity index (χ1n) is 5.44. The van der Waals surface area contributed by atoms with E-state index in [1.54, 1.807) is 0 Å². The zero-order valence-corrected chi connectivity index (χ0v) is 12.1. The van der Waals surface area contributed by atoms with E-state index in [1.165, 1.54) is 12.1 Å². The van der Waals surface area contributed by atoms with Crippen molar-refractivity contribution in [1.82, 2.24) is 10.6 Å². The maximum absolute atomic E-state index is 11.1. The number of rotatable bonds is 6. The molecule has 8 heteroatoms. The minimum Gasteiger partial charge on any atom is -0.489 e. The molecule has 106 valence electrons. The summed E-state index contributed by atoms with van der Waals surface area (Å²) in [7, 11) is 0. The van der Waals surface area contributed by atoms with Crippen LogP contribution in [0.15, 0.2) is 12.1 Å². The molecule has 0 atom stereocenters. The Labute approximate surface area is 125 Å². The third kappa shape index (κ3) is 5.74. The maximum Gasteiger partial charge on any atom is 0.314 e. The van der Waals surface area contributed by atoms with Gasteiger partial charge in [-0.05, 0) is 12.1 Å². The summed E-state index contributed by atoms with van der Waals surface area (Å²) in [5.41, 5.74) is 0. The minimum atomic E-state index is -0.383. The first-order chi connectivity index (χ1) is 9.04. The van der Waals surface area contributed by atoms with E-state index in [9.17, 15) is 4.79 Å². The van der Waals surface area contributed by atoms with Crippen molar-refractivity contribution in [1.29, 1.82) is 0 Å². The van der Waals surface area contributed by atoms with E-state index in [0.29, 0.717) is 20.8 Å². The number of benzene rings is 1. The van der Waals surface area contributed by atoms with E-state index in [4.69, 9.17) is 44.6 Å². The van der Waals surface area contributed by atoms with E-state index in [1.807, 2.05) is 0 Å². The number of halogens is 3. The fourth-order valence-corrected chi connectivity index (χ4v) is 2.14. The highest BCUT2D eigenvalue weighted by atomic mass is 35.5. The summed E-state index contributed by atoms with van der Waals surface area (Å²) >= 11 is 17.6. The van der Waals surface area contributed by atoms with Crippen molar-refractivity contribution >= 4 is 40.8 Å². The molecule has 19 heavy (non-hydrogen) atoms. The van der Waals surface area contributed by atoms with E-state index in [2.05, 4.69) is 10.6 Å². The molecule has 0 fully saturated rings. The highest BCUT2D eigenvalue weighted by molar-refractivity contribution is 6.40. The quantitative estimate of drug-likeness (QED) is 0.702. The number of nitrogens with one attached hydrogen (secondary N) is 2. The second-order valence-corrected chi connectivity index (χ2v) is 4.70. The van der Waals surface area contributed by atoms with Gasteiger partial charge in [0.15, 0.2) is 5.75 Å². The summed E-state index contributed by atoms with van der Waals surface area (Å²) in [5.74, 6) is 0.324.